The fraction of sp³-hybridized carbons (Fsp3) is 0.0556. The van der Waals surface area contributed by atoms with Crippen LogP contribution in [0.25, 0.3) is 10.8 Å². The van der Waals surface area contributed by atoms with Crippen molar-refractivity contribution in [1.29, 1.82) is 0 Å². The normalized spacial score (nSPS) is 12.4. The van der Waals surface area contributed by atoms with Crippen LogP contribution in [0.15, 0.2) is 36.4 Å². The Balaban J connectivity index is 2.33. The van der Waals surface area contributed by atoms with Gasteiger partial charge in [0.25, 0.3) is 0 Å². The fourth-order valence-electron chi connectivity index (χ4n) is 2.76. The van der Waals surface area contributed by atoms with E-state index in [-0.39, 0.29) is 25.7 Å². The van der Waals surface area contributed by atoms with Gasteiger partial charge in [-0.15, -0.1) is 0 Å². The van der Waals surface area contributed by atoms with E-state index in [9.17, 15) is 15.0 Å². The molecule has 0 heterocycles. The molecule has 25 heavy (non-hydrogen) atoms. The van der Waals surface area contributed by atoms with Crippen molar-refractivity contribution in [1.82, 2.24) is 0 Å². The van der Waals surface area contributed by atoms with Crippen LogP contribution in [-0.2, 0) is 0 Å². The van der Waals surface area contributed by atoms with E-state index in [0.717, 1.165) is 5.39 Å². The summed E-state index contributed by atoms with van der Waals surface area (Å²) >= 11 is 24.3. The summed E-state index contributed by atoms with van der Waals surface area (Å²) < 4.78 is 0. The minimum Gasteiger partial charge on any atom is -0.505 e. The second-order valence-corrected chi connectivity index (χ2v) is 6.84. The number of aliphatic hydroxyl groups is 1. The fourth-order valence-corrected chi connectivity index (χ4v) is 3.82. The molecular weight excluding hydrogens is 406 g/mol. The Kier molecular flexibility index (Phi) is 5.14. The third-order valence-electron chi connectivity index (χ3n) is 3.94. The molecule has 3 nitrogen and oxygen atoms in total. The molecule has 128 valence electrons. The molecule has 1 unspecified atom stereocenters. The zero-order valence-electron chi connectivity index (χ0n) is 12.4. The van der Waals surface area contributed by atoms with Gasteiger partial charge in [0.1, 0.15) is 16.1 Å². The predicted molar refractivity (Wildman–Crippen MR) is 102 cm³/mol. The first-order chi connectivity index (χ1) is 11.9. The highest BCUT2D eigenvalue weighted by atomic mass is 35.5. The van der Waals surface area contributed by atoms with Crippen molar-refractivity contribution in [3.63, 3.8) is 0 Å². The van der Waals surface area contributed by atoms with Crippen LogP contribution in [0.3, 0.4) is 0 Å². The van der Waals surface area contributed by atoms with Gasteiger partial charge in [-0.2, -0.15) is 0 Å². The lowest BCUT2D eigenvalue weighted by Crippen LogP contribution is -2.04. The van der Waals surface area contributed by atoms with E-state index in [2.05, 4.69) is 0 Å². The van der Waals surface area contributed by atoms with E-state index in [1.165, 1.54) is 0 Å². The predicted octanol–water partition coefficient (Wildman–Crippen LogP) is 6.05. The Morgan fingerprint density at radius 3 is 2.00 bits per heavy atom. The summed E-state index contributed by atoms with van der Waals surface area (Å²) in [6, 6.07) is 10.4. The molecule has 0 aliphatic carbocycles. The molecule has 0 radical (unpaired) electrons. The smallest absolute Gasteiger partial charge is 0.155 e. The average Bonchev–Trinajstić information content (AvgIpc) is 2.63. The number of hydrogen-bond donors (Lipinski definition) is 2. The highest BCUT2D eigenvalue weighted by Gasteiger charge is 2.27. The summed E-state index contributed by atoms with van der Waals surface area (Å²) in [4.78, 5) is 11.4. The number of hydrogen-bond acceptors (Lipinski definition) is 3. The summed E-state index contributed by atoms with van der Waals surface area (Å²) in [6.45, 7) is 0. The van der Waals surface area contributed by atoms with Crippen LogP contribution in [0, 0.1) is 0 Å². The van der Waals surface area contributed by atoms with Gasteiger partial charge in [-0.05, 0) is 16.3 Å². The van der Waals surface area contributed by atoms with Crippen LogP contribution in [0.5, 0.6) is 5.75 Å². The number of carbonyl (C=O) groups is 1. The Hall–Kier alpha value is -1.49. The lowest BCUT2D eigenvalue weighted by molar-refractivity contribution is 0.112. The minimum absolute atomic E-state index is 0.0596. The number of phenols is 1. The molecular formula is C18H10Cl4O3. The lowest BCUT2D eigenvalue weighted by atomic mass is 9.93. The lowest BCUT2D eigenvalue weighted by Gasteiger charge is -2.20. The molecule has 0 aromatic heterocycles. The first-order valence-corrected chi connectivity index (χ1v) is 8.59. The van der Waals surface area contributed by atoms with Crippen LogP contribution >= 0.6 is 46.4 Å². The summed E-state index contributed by atoms with van der Waals surface area (Å²) in [5.41, 5.74) is 0.890. The number of aliphatic hydroxyl groups excluding tert-OH is 1. The number of rotatable bonds is 3. The molecule has 0 saturated carbocycles. The summed E-state index contributed by atoms with van der Waals surface area (Å²) in [5, 5.41) is 21.5. The molecule has 2 N–H and O–H groups in total. The topological polar surface area (TPSA) is 57.5 Å². The first-order valence-electron chi connectivity index (χ1n) is 7.08. The van der Waals surface area contributed by atoms with Crippen molar-refractivity contribution >= 4 is 63.5 Å². The number of fused-ring (bicyclic) bond motifs is 1. The molecule has 3 aromatic rings. The highest BCUT2D eigenvalue weighted by molar-refractivity contribution is 6.49. The molecule has 0 bridgehead atoms. The Labute approximate surface area is 163 Å². The number of aldehydes is 1. The second-order valence-electron chi connectivity index (χ2n) is 5.33. The van der Waals surface area contributed by atoms with E-state index in [0.29, 0.717) is 22.8 Å². The van der Waals surface area contributed by atoms with E-state index < -0.39 is 11.9 Å². The zero-order valence-corrected chi connectivity index (χ0v) is 15.5. The van der Waals surface area contributed by atoms with E-state index in [4.69, 9.17) is 46.4 Å². The summed E-state index contributed by atoms with van der Waals surface area (Å²) in [6.07, 6.45) is -0.598. The molecule has 1 atom stereocenters. The van der Waals surface area contributed by atoms with Crippen LogP contribution < -0.4 is 0 Å². The SMILES string of the molecule is O=Cc1cccc2cccc(C(O)c3c(Cl)c(Cl)c(O)c(Cl)c3Cl)c12. The standard InChI is InChI=1S/C18H10Cl4O3/c19-13-12(14(20)16(22)18(25)15(13)21)17(24)10-6-2-4-8-3-1-5-9(7-23)11(8)10/h1-7,17,24-25H. The number of phenolic OH excluding ortho intramolecular Hbond substituents is 1. The van der Waals surface area contributed by atoms with Crippen LogP contribution in [-0.4, -0.2) is 16.5 Å². The third-order valence-corrected chi connectivity index (χ3v) is 5.65. The van der Waals surface area contributed by atoms with Gasteiger partial charge in [-0.3, -0.25) is 4.79 Å². The van der Waals surface area contributed by atoms with Gasteiger partial charge >= 0.3 is 0 Å². The Morgan fingerprint density at radius 1 is 0.880 bits per heavy atom. The zero-order chi connectivity index (χ0) is 18.3. The third kappa shape index (κ3) is 2.97. The van der Waals surface area contributed by atoms with Crippen molar-refractivity contribution in [3.8, 4) is 5.75 Å². The second kappa shape index (κ2) is 7.02. The van der Waals surface area contributed by atoms with Crippen LogP contribution in [0.1, 0.15) is 27.6 Å². The minimum atomic E-state index is -1.31. The van der Waals surface area contributed by atoms with E-state index in [1.807, 2.05) is 12.1 Å². The summed E-state index contributed by atoms with van der Waals surface area (Å²) in [7, 11) is 0. The van der Waals surface area contributed by atoms with Crippen molar-refractivity contribution in [2.24, 2.45) is 0 Å². The molecule has 0 fully saturated rings. The average molecular weight is 416 g/mol. The Bertz CT molecular complexity index is 967. The van der Waals surface area contributed by atoms with Crippen molar-refractivity contribution < 1.29 is 15.0 Å². The quantitative estimate of drug-likeness (QED) is 0.404. The maximum atomic E-state index is 11.4. The molecule has 3 rings (SSSR count). The summed E-state index contributed by atoms with van der Waals surface area (Å²) in [5.74, 6) is -0.458. The van der Waals surface area contributed by atoms with Gasteiger partial charge in [0, 0.05) is 11.1 Å². The van der Waals surface area contributed by atoms with Gasteiger partial charge in [-0.1, -0.05) is 82.8 Å². The number of carbonyl (C=O) groups excluding carboxylic acids is 1. The van der Waals surface area contributed by atoms with E-state index >= 15 is 0 Å². The van der Waals surface area contributed by atoms with Gasteiger partial charge in [0.15, 0.2) is 12.0 Å². The van der Waals surface area contributed by atoms with Gasteiger partial charge in [-0.25, -0.2) is 0 Å². The number of halogens is 4. The van der Waals surface area contributed by atoms with Gasteiger partial charge < -0.3 is 10.2 Å². The maximum Gasteiger partial charge on any atom is 0.155 e. The molecule has 0 spiro atoms. The number of benzene rings is 3. The maximum absolute atomic E-state index is 11.4. The largest absolute Gasteiger partial charge is 0.505 e. The molecule has 3 aromatic carbocycles. The molecule has 0 saturated heterocycles. The molecule has 0 amide bonds. The van der Waals surface area contributed by atoms with Gasteiger partial charge in [0.2, 0.25) is 0 Å². The molecule has 7 heteroatoms. The van der Waals surface area contributed by atoms with E-state index in [1.54, 1.807) is 24.3 Å². The number of aromatic hydroxyl groups is 1. The van der Waals surface area contributed by atoms with Crippen LogP contribution in [0.4, 0.5) is 0 Å². The highest BCUT2D eigenvalue weighted by Crippen LogP contribution is 2.49. The van der Waals surface area contributed by atoms with Crippen molar-refractivity contribution in [2.75, 3.05) is 0 Å². The van der Waals surface area contributed by atoms with Crippen molar-refractivity contribution in [3.05, 3.63) is 73.2 Å². The van der Waals surface area contributed by atoms with Crippen molar-refractivity contribution in [2.45, 2.75) is 6.10 Å². The molecule has 0 aliphatic rings. The Morgan fingerprint density at radius 2 is 1.44 bits per heavy atom. The monoisotopic (exact) mass is 414 g/mol. The first kappa shape index (κ1) is 18.3. The molecule has 0 aliphatic heterocycles. The van der Waals surface area contributed by atoms with Crippen LogP contribution in [0.2, 0.25) is 20.1 Å². The van der Waals surface area contributed by atoms with Gasteiger partial charge in [0.05, 0.1) is 10.0 Å².